The van der Waals surface area contributed by atoms with Crippen LogP contribution in [0.15, 0.2) is 40.9 Å². The summed E-state index contributed by atoms with van der Waals surface area (Å²) in [5, 5.41) is 10.7. The molecule has 1 aromatic carbocycles. The highest BCUT2D eigenvalue weighted by Crippen LogP contribution is 2.17. The van der Waals surface area contributed by atoms with Gasteiger partial charge in [0.25, 0.3) is 5.91 Å². The van der Waals surface area contributed by atoms with Crippen LogP contribution >= 0.6 is 0 Å². The summed E-state index contributed by atoms with van der Waals surface area (Å²) in [5.74, 6) is -0.288. The molecule has 3 rings (SSSR count). The van der Waals surface area contributed by atoms with E-state index in [0.717, 1.165) is 0 Å². The molecule has 1 amide bonds. The van der Waals surface area contributed by atoms with Gasteiger partial charge in [0.05, 0.1) is 12.2 Å². The summed E-state index contributed by atoms with van der Waals surface area (Å²) in [6.45, 7) is 7.06. The zero-order chi connectivity index (χ0) is 20.3. The fraction of sp³-hybridized carbons (Fsp3) is 0.316. The Morgan fingerprint density at radius 1 is 1.21 bits per heavy atom. The fourth-order valence-electron chi connectivity index (χ4n) is 2.40. The van der Waals surface area contributed by atoms with Gasteiger partial charge in [-0.2, -0.15) is 10.1 Å². The van der Waals surface area contributed by atoms with Crippen molar-refractivity contribution in [3.05, 3.63) is 59.5 Å². The van der Waals surface area contributed by atoms with E-state index in [9.17, 15) is 9.59 Å². The van der Waals surface area contributed by atoms with E-state index in [1.807, 2.05) is 18.2 Å². The van der Waals surface area contributed by atoms with E-state index in [1.54, 1.807) is 39.8 Å². The van der Waals surface area contributed by atoms with Crippen molar-refractivity contribution >= 4 is 11.9 Å². The smallest absolute Gasteiger partial charge is 0.357 e. The normalized spacial score (nSPS) is 11.3. The van der Waals surface area contributed by atoms with Crippen molar-refractivity contribution in [2.45, 2.75) is 39.8 Å². The number of esters is 1. The highest BCUT2D eigenvalue weighted by atomic mass is 16.6. The van der Waals surface area contributed by atoms with E-state index in [-0.39, 0.29) is 17.9 Å². The first-order valence-corrected chi connectivity index (χ1v) is 8.69. The van der Waals surface area contributed by atoms with Crippen LogP contribution in [0.1, 0.15) is 53.5 Å². The number of nitrogens with one attached hydrogen (secondary N) is 1. The molecular formula is C19H21N5O4. The Bertz CT molecular complexity index is 985. The molecule has 0 bridgehead atoms. The molecule has 0 aliphatic carbocycles. The minimum Gasteiger partial charge on any atom is -0.455 e. The van der Waals surface area contributed by atoms with E-state index in [4.69, 9.17) is 9.26 Å². The maximum absolute atomic E-state index is 12.6. The van der Waals surface area contributed by atoms with Gasteiger partial charge in [-0.15, -0.1) is 0 Å². The van der Waals surface area contributed by atoms with Gasteiger partial charge < -0.3 is 14.6 Å². The molecule has 0 spiro atoms. The van der Waals surface area contributed by atoms with Crippen molar-refractivity contribution in [1.82, 2.24) is 25.2 Å². The molecule has 9 nitrogen and oxygen atoms in total. The number of carbonyl (C=O) groups excluding carboxylic acids is 2. The second kappa shape index (κ2) is 7.63. The van der Waals surface area contributed by atoms with Gasteiger partial charge in [0, 0.05) is 13.0 Å². The molecule has 0 fully saturated rings. The molecule has 0 atom stereocenters. The Hall–Kier alpha value is -3.49. The molecule has 2 aromatic heterocycles. The van der Waals surface area contributed by atoms with Crippen LogP contribution in [0.25, 0.3) is 5.69 Å². The zero-order valence-corrected chi connectivity index (χ0v) is 16.1. The minimum absolute atomic E-state index is 0.0740. The first-order chi connectivity index (χ1) is 13.2. The molecule has 2 heterocycles. The van der Waals surface area contributed by atoms with E-state index >= 15 is 0 Å². The molecule has 0 saturated heterocycles. The predicted octanol–water partition coefficient (Wildman–Crippen LogP) is 2.45. The monoisotopic (exact) mass is 383 g/mol. The van der Waals surface area contributed by atoms with Gasteiger partial charge in [0.1, 0.15) is 5.60 Å². The molecule has 1 N–H and O–H groups in total. The van der Waals surface area contributed by atoms with E-state index in [0.29, 0.717) is 17.4 Å². The number of aryl methyl sites for hydroxylation is 1. The number of hydrogen-bond acceptors (Lipinski definition) is 7. The quantitative estimate of drug-likeness (QED) is 0.673. The second-order valence-electron chi connectivity index (χ2n) is 7.08. The largest absolute Gasteiger partial charge is 0.455 e. The first kappa shape index (κ1) is 19.3. The van der Waals surface area contributed by atoms with Crippen LogP contribution in [0, 0.1) is 6.92 Å². The molecule has 146 valence electrons. The van der Waals surface area contributed by atoms with Crippen molar-refractivity contribution in [1.29, 1.82) is 0 Å². The molecule has 0 radical (unpaired) electrons. The molecule has 3 aromatic rings. The second-order valence-corrected chi connectivity index (χ2v) is 7.08. The van der Waals surface area contributed by atoms with Gasteiger partial charge in [-0.1, -0.05) is 23.4 Å². The first-order valence-electron chi connectivity index (χ1n) is 8.69. The van der Waals surface area contributed by atoms with Gasteiger partial charge >= 0.3 is 5.97 Å². The number of amides is 1. The molecular weight excluding hydrogens is 362 g/mol. The van der Waals surface area contributed by atoms with E-state index in [1.165, 1.54) is 10.7 Å². The summed E-state index contributed by atoms with van der Waals surface area (Å²) in [5.41, 5.74) is 0.185. The number of aromatic nitrogens is 4. The highest BCUT2D eigenvalue weighted by molar-refractivity contribution is 5.96. The van der Waals surface area contributed by atoms with Gasteiger partial charge in [-0.05, 0) is 32.9 Å². The number of hydrogen-bond donors (Lipinski definition) is 1. The predicted molar refractivity (Wildman–Crippen MR) is 98.9 cm³/mol. The van der Waals surface area contributed by atoms with Crippen molar-refractivity contribution in [3.63, 3.8) is 0 Å². The molecule has 9 heteroatoms. The van der Waals surface area contributed by atoms with E-state index in [2.05, 4.69) is 20.6 Å². The Morgan fingerprint density at radius 2 is 1.93 bits per heavy atom. The fourth-order valence-corrected chi connectivity index (χ4v) is 2.40. The van der Waals surface area contributed by atoms with Crippen molar-refractivity contribution < 1.29 is 18.8 Å². The summed E-state index contributed by atoms with van der Waals surface area (Å²) < 4.78 is 11.7. The molecule has 0 unspecified atom stereocenters. The Labute approximate surface area is 161 Å². The summed E-state index contributed by atoms with van der Waals surface area (Å²) in [6, 6.07) is 10.4. The number of benzene rings is 1. The average molecular weight is 383 g/mol. The van der Waals surface area contributed by atoms with Gasteiger partial charge in [-0.3, -0.25) is 4.79 Å². The Kier molecular flexibility index (Phi) is 5.25. The lowest BCUT2D eigenvalue weighted by Gasteiger charge is -2.19. The molecule has 0 aliphatic rings. The van der Waals surface area contributed by atoms with Gasteiger partial charge in [-0.25, -0.2) is 9.48 Å². The van der Waals surface area contributed by atoms with Crippen molar-refractivity contribution in [3.8, 4) is 5.69 Å². The number of nitrogens with zero attached hydrogens (tertiary/aromatic N) is 4. The van der Waals surface area contributed by atoms with Gasteiger partial charge in [0.15, 0.2) is 17.2 Å². The van der Waals surface area contributed by atoms with Crippen LogP contribution in [0.4, 0.5) is 0 Å². The third-order valence-electron chi connectivity index (χ3n) is 3.53. The summed E-state index contributed by atoms with van der Waals surface area (Å²) in [7, 11) is 0. The maximum atomic E-state index is 12.6. The third kappa shape index (κ3) is 4.61. The lowest BCUT2D eigenvalue weighted by atomic mass is 10.2. The van der Waals surface area contributed by atoms with Crippen LogP contribution in [-0.4, -0.2) is 37.4 Å². The van der Waals surface area contributed by atoms with Crippen LogP contribution in [0.3, 0.4) is 0 Å². The summed E-state index contributed by atoms with van der Waals surface area (Å²) >= 11 is 0. The summed E-state index contributed by atoms with van der Waals surface area (Å²) in [4.78, 5) is 29.2. The van der Waals surface area contributed by atoms with Crippen LogP contribution in [0.2, 0.25) is 0 Å². The average Bonchev–Trinajstić information content (AvgIpc) is 3.25. The zero-order valence-electron chi connectivity index (χ0n) is 16.1. The third-order valence-corrected chi connectivity index (χ3v) is 3.53. The number of rotatable bonds is 5. The lowest BCUT2D eigenvalue weighted by Crippen LogP contribution is -2.25. The van der Waals surface area contributed by atoms with Crippen LogP contribution in [0.5, 0.6) is 0 Å². The SMILES string of the molecule is Cc1nc(CNC(=O)c2cc(C(=O)OC(C)(C)C)n(-c3ccccc3)n2)no1. The standard InChI is InChI=1S/C19H21N5O4/c1-12-21-16(23-28-12)11-20-17(25)14-10-15(18(26)27-19(2,3)4)24(22-14)13-8-6-5-7-9-13/h5-10H,11H2,1-4H3,(H,20,25). The van der Waals surface area contributed by atoms with Gasteiger partial charge in [0.2, 0.25) is 5.89 Å². The number of ether oxygens (including phenoxy) is 1. The number of carbonyl (C=O) groups is 2. The van der Waals surface area contributed by atoms with E-state index < -0.39 is 17.5 Å². The minimum atomic E-state index is -0.679. The van der Waals surface area contributed by atoms with Crippen molar-refractivity contribution in [2.75, 3.05) is 0 Å². The van der Waals surface area contributed by atoms with Crippen LogP contribution in [-0.2, 0) is 11.3 Å². The topological polar surface area (TPSA) is 112 Å². The molecule has 0 saturated carbocycles. The lowest BCUT2D eigenvalue weighted by molar-refractivity contribution is 0.00593. The Balaban J connectivity index is 1.87. The molecule has 28 heavy (non-hydrogen) atoms. The maximum Gasteiger partial charge on any atom is 0.357 e. The molecule has 0 aliphatic heterocycles. The highest BCUT2D eigenvalue weighted by Gasteiger charge is 2.25. The van der Waals surface area contributed by atoms with Crippen molar-refractivity contribution in [2.24, 2.45) is 0 Å². The Morgan fingerprint density at radius 3 is 2.54 bits per heavy atom. The number of para-hydroxylation sites is 1. The van der Waals surface area contributed by atoms with Crippen LogP contribution < -0.4 is 5.32 Å². The summed E-state index contributed by atoms with van der Waals surface area (Å²) in [6.07, 6.45) is 0.